The van der Waals surface area contributed by atoms with E-state index >= 15 is 0 Å². The molecule has 5 nitrogen and oxygen atoms in total. The lowest BCUT2D eigenvalue weighted by Gasteiger charge is -2.49. The number of nitrogens with one attached hydrogen (secondary N) is 2. The van der Waals surface area contributed by atoms with Crippen molar-refractivity contribution in [3.8, 4) is 11.3 Å². The highest BCUT2D eigenvalue weighted by molar-refractivity contribution is 5.94. The summed E-state index contributed by atoms with van der Waals surface area (Å²) >= 11 is 0. The number of nitrogens with zero attached hydrogens (tertiary/aromatic N) is 2. The van der Waals surface area contributed by atoms with Gasteiger partial charge in [-0.2, -0.15) is 0 Å². The Balaban J connectivity index is 1.57. The first kappa shape index (κ1) is 17.2. The zero-order valence-corrected chi connectivity index (χ0v) is 15.8. The number of para-hydroxylation sites is 1. The van der Waals surface area contributed by atoms with Crippen LogP contribution in [0.5, 0.6) is 0 Å². The maximum atomic E-state index is 13.0. The maximum Gasteiger partial charge on any atom is 0.268 e. The molecule has 5 rings (SSSR count). The minimum Gasteiger partial charge on any atom is -0.388 e. The lowest BCUT2D eigenvalue weighted by molar-refractivity contribution is 0.0215. The summed E-state index contributed by atoms with van der Waals surface area (Å²) in [6, 6.07) is 12.8. The fourth-order valence-electron chi connectivity index (χ4n) is 4.70. The van der Waals surface area contributed by atoms with Gasteiger partial charge in [0.1, 0.15) is 5.69 Å². The number of benzene rings is 1. The number of hydrogen-bond donors (Lipinski definition) is 2. The second-order valence-corrected chi connectivity index (χ2v) is 7.57. The zero-order chi connectivity index (χ0) is 18.3. The largest absolute Gasteiger partial charge is 0.388 e. The summed E-state index contributed by atoms with van der Waals surface area (Å²) < 4.78 is 2.00. The minimum atomic E-state index is 0.0336. The van der Waals surface area contributed by atoms with Gasteiger partial charge in [-0.1, -0.05) is 18.2 Å². The van der Waals surface area contributed by atoms with Crippen molar-refractivity contribution < 1.29 is 4.79 Å². The molecule has 1 amide bonds. The van der Waals surface area contributed by atoms with Crippen LogP contribution in [0.15, 0.2) is 36.4 Å². The molecular formula is C21H28N4O. The third kappa shape index (κ3) is 2.80. The molecule has 0 spiro atoms. The van der Waals surface area contributed by atoms with Crippen molar-refractivity contribution in [3.63, 3.8) is 0 Å². The number of anilines is 1. The SMILES string of the molecule is CNc1ccccc1-c1ccc(C(=O)N[C@@H]2C3CCN(CC3)[C@H]2C)n1C. The van der Waals surface area contributed by atoms with Gasteiger partial charge in [0, 0.05) is 37.4 Å². The Morgan fingerprint density at radius 3 is 2.54 bits per heavy atom. The second-order valence-electron chi connectivity index (χ2n) is 7.57. The van der Waals surface area contributed by atoms with Crippen LogP contribution < -0.4 is 10.6 Å². The average molecular weight is 352 g/mol. The van der Waals surface area contributed by atoms with Crippen LogP contribution in [0.2, 0.25) is 0 Å². The van der Waals surface area contributed by atoms with Crippen molar-refractivity contribution in [1.29, 1.82) is 0 Å². The lowest BCUT2D eigenvalue weighted by Crippen LogP contribution is -2.62. The highest BCUT2D eigenvalue weighted by Crippen LogP contribution is 2.33. The van der Waals surface area contributed by atoms with Crippen molar-refractivity contribution in [2.75, 3.05) is 25.5 Å². The summed E-state index contributed by atoms with van der Waals surface area (Å²) in [6.07, 6.45) is 2.40. The number of carbonyl (C=O) groups is 1. The molecule has 2 atom stereocenters. The Hall–Kier alpha value is -2.27. The molecule has 2 bridgehead atoms. The van der Waals surface area contributed by atoms with Crippen LogP contribution in [0.25, 0.3) is 11.3 Å². The van der Waals surface area contributed by atoms with E-state index in [9.17, 15) is 4.79 Å². The van der Waals surface area contributed by atoms with E-state index in [1.807, 2.05) is 42.9 Å². The van der Waals surface area contributed by atoms with Crippen LogP contribution in [0.3, 0.4) is 0 Å². The highest BCUT2D eigenvalue weighted by Gasteiger charge is 2.40. The third-order valence-electron chi connectivity index (χ3n) is 6.30. The minimum absolute atomic E-state index is 0.0336. The van der Waals surface area contributed by atoms with Crippen molar-refractivity contribution in [1.82, 2.24) is 14.8 Å². The lowest BCUT2D eigenvalue weighted by atomic mass is 9.79. The highest BCUT2D eigenvalue weighted by atomic mass is 16.2. The van der Waals surface area contributed by atoms with Crippen LogP contribution in [0.1, 0.15) is 30.3 Å². The van der Waals surface area contributed by atoms with Crippen molar-refractivity contribution in [3.05, 3.63) is 42.1 Å². The summed E-state index contributed by atoms with van der Waals surface area (Å²) in [6.45, 7) is 4.59. The summed E-state index contributed by atoms with van der Waals surface area (Å²) in [7, 11) is 3.89. The van der Waals surface area contributed by atoms with E-state index in [2.05, 4.69) is 34.6 Å². The average Bonchev–Trinajstić information content (AvgIpc) is 3.06. The molecule has 2 N–H and O–H groups in total. The van der Waals surface area contributed by atoms with Crippen LogP contribution >= 0.6 is 0 Å². The predicted octanol–water partition coefficient (Wildman–Crippen LogP) is 2.95. The summed E-state index contributed by atoms with van der Waals surface area (Å²) in [5.74, 6) is 0.648. The molecular weight excluding hydrogens is 324 g/mol. The van der Waals surface area contributed by atoms with E-state index in [4.69, 9.17) is 0 Å². The summed E-state index contributed by atoms with van der Waals surface area (Å²) in [5.41, 5.74) is 3.93. The second kappa shape index (κ2) is 6.80. The van der Waals surface area contributed by atoms with Crippen LogP contribution in [-0.4, -0.2) is 47.6 Å². The number of hydrogen-bond acceptors (Lipinski definition) is 3. The molecule has 26 heavy (non-hydrogen) atoms. The van der Waals surface area contributed by atoms with Crippen molar-refractivity contribution in [2.45, 2.75) is 31.8 Å². The topological polar surface area (TPSA) is 49.3 Å². The van der Waals surface area contributed by atoms with Crippen molar-refractivity contribution in [2.24, 2.45) is 13.0 Å². The van der Waals surface area contributed by atoms with Gasteiger partial charge in [-0.15, -0.1) is 0 Å². The monoisotopic (exact) mass is 352 g/mol. The van der Waals surface area contributed by atoms with Gasteiger partial charge in [0.15, 0.2) is 0 Å². The quantitative estimate of drug-likeness (QED) is 0.889. The third-order valence-corrected chi connectivity index (χ3v) is 6.30. The number of rotatable bonds is 4. The molecule has 0 saturated carbocycles. The number of amides is 1. The number of fused-ring (bicyclic) bond motifs is 3. The van der Waals surface area contributed by atoms with Gasteiger partial charge in [-0.05, 0) is 57.0 Å². The van der Waals surface area contributed by atoms with Gasteiger partial charge in [0.25, 0.3) is 5.91 Å². The predicted molar refractivity (Wildman–Crippen MR) is 105 cm³/mol. The molecule has 0 unspecified atom stereocenters. The first-order valence-corrected chi connectivity index (χ1v) is 9.58. The molecule has 3 aliphatic heterocycles. The van der Waals surface area contributed by atoms with Crippen LogP contribution in [0.4, 0.5) is 5.69 Å². The maximum absolute atomic E-state index is 13.0. The molecule has 3 fully saturated rings. The molecule has 4 heterocycles. The first-order chi connectivity index (χ1) is 12.6. The van der Waals surface area contributed by atoms with Crippen LogP contribution in [-0.2, 0) is 7.05 Å². The molecule has 2 aromatic rings. The Labute approximate surface area is 155 Å². The van der Waals surface area contributed by atoms with E-state index in [-0.39, 0.29) is 11.9 Å². The molecule has 0 aliphatic carbocycles. The normalized spacial score (nSPS) is 27.3. The molecule has 5 heteroatoms. The Bertz CT molecular complexity index is 802. The number of piperidine rings is 3. The van der Waals surface area contributed by atoms with Gasteiger partial charge >= 0.3 is 0 Å². The van der Waals surface area contributed by atoms with Gasteiger partial charge < -0.3 is 15.2 Å². The summed E-state index contributed by atoms with van der Waals surface area (Å²) in [5, 5.41) is 6.56. The Kier molecular flexibility index (Phi) is 4.49. The molecule has 1 aromatic carbocycles. The summed E-state index contributed by atoms with van der Waals surface area (Å²) in [4.78, 5) is 15.5. The molecule has 1 aromatic heterocycles. The molecule has 3 saturated heterocycles. The van der Waals surface area contributed by atoms with E-state index in [1.54, 1.807) is 0 Å². The van der Waals surface area contributed by atoms with E-state index < -0.39 is 0 Å². The smallest absolute Gasteiger partial charge is 0.268 e. The van der Waals surface area contributed by atoms with E-state index in [0.717, 1.165) is 22.6 Å². The molecule has 0 radical (unpaired) electrons. The fraction of sp³-hybridized carbons (Fsp3) is 0.476. The standard InChI is InChI=1S/C21H28N4O/c1-14-20(15-10-12-25(14)13-11-15)23-21(26)19-9-8-18(24(19)3)16-6-4-5-7-17(16)22-2/h4-9,14-15,20,22H,10-13H2,1-3H3,(H,23,26)/t14-,20-/m0/s1. The van der Waals surface area contributed by atoms with Crippen molar-refractivity contribution >= 4 is 11.6 Å². The van der Waals surface area contributed by atoms with Crippen LogP contribution in [0, 0.1) is 5.92 Å². The van der Waals surface area contributed by atoms with E-state index in [0.29, 0.717) is 12.0 Å². The zero-order valence-electron chi connectivity index (χ0n) is 15.8. The van der Waals surface area contributed by atoms with E-state index in [1.165, 1.54) is 25.9 Å². The number of carbonyl (C=O) groups excluding carboxylic acids is 1. The first-order valence-electron chi connectivity index (χ1n) is 9.58. The molecule has 3 aliphatic rings. The van der Waals surface area contributed by atoms with Gasteiger partial charge in [-0.3, -0.25) is 9.69 Å². The van der Waals surface area contributed by atoms with Gasteiger partial charge in [0.2, 0.25) is 0 Å². The Morgan fingerprint density at radius 2 is 1.85 bits per heavy atom. The fourth-order valence-corrected chi connectivity index (χ4v) is 4.70. The van der Waals surface area contributed by atoms with Gasteiger partial charge in [0.05, 0.1) is 5.69 Å². The number of aromatic nitrogens is 1. The Morgan fingerprint density at radius 1 is 1.12 bits per heavy atom. The molecule has 138 valence electrons. The van der Waals surface area contributed by atoms with Gasteiger partial charge in [-0.25, -0.2) is 0 Å².